The fourth-order valence-electron chi connectivity index (χ4n) is 1.05. The van der Waals surface area contributed by atoms with E-state index in [9.17, 15) is 0 Å². The van der Waals surface area contributed by atoms with Crippen LogP contribution in [0.5, 0.6) is 0 Å². The highest BCUT2D eigenvalue weighted by Gasteiger charge is 2.46. The standard InChI is InChI=1S/C6H6Cl6.FH.H2S/c7-1-2(8)4(10)6(12)5(11)3(1)9;;/h1-6H;1H;1H2. The number of alkyl halides is 6. The maximum Gasteiger partial charge on any atom is 0.0693 e. The van der Waals surface area contributed by atoms with Gasteiger partial charge in [-0.05, 0) is 0 Å². The third-order valence-electron chi connectivity index (χ3n) is 1.83. The molecule has 0 nitrogen and oxygen atoms in total. The summed E-state index contributed by atoms with van der Waals surface area (Å²) in [6.07, 6.45) is 0. The Hall–Kier alpha value is 2.02. The Bertz CT molecular complexity index is 114. The highest BCUT2D eigenvalue weighted by molar-refractivity contribution is 7.59. The van der Waals surface area contributed by atoms with Gasteiger partial charge in [-0.1, -0.05) is 0 Å². The maximum absolute atomic E-state index is 5.88. The van der Waals surface area contributed by atoms with Crippen molar-refractivity contribution in [1.82, 2.24) is 0 Å². The van der Waals surface area contributed by atoms with E-state index in [0.29, 0.717) is 0 Å². The summed E-state index contributed by atoms with van der Waals surface area (Å²) in [6, 6.07) is 0. The second-order valence-electron chi connectivity index (χ2n) is 2.67. The molecule has 1 aliphatic rings. The Morgan fingerprint density at radius 2 is 0.500 bits per heavy atom. The zero-order valence-corrected chi connectivity index (χ0v) is 12.2. The van der Waals surface area contributed by atoms with Gasteiger partial charge in [-0.25, -0.2) is 0 Å². The predicted octanol–water partition coefficient (Wildman–Crippen LogP) is 3.91. The van der Waals surface area contributed by atoms with Gasteiger partial charge >= 0.3 is 0 Å². The van der Waals surface area contributed by atoms with E-state index in [1.165, 1.54) is 0 Å². The molecule has 0 N–H and O–H groups in total. The van der Waals surface area contributed by atoms with Gasteiger partial charge in [-0.15, -0.1) is 69.6 Å². The van der Waals surface area contributed by atoms with E-state index in [4.69, 9.17) is 69.6 Å². The van der Waals surface area contributed by atoms with Crippen molar-refractivity contribution in [2.24, 2.45) is 0 Å². The lowest BCUT2D eigenvalue weighted by atomic mass is 9.97. The highest BCUT2D eigenvalue weighted by Crippen LogP contribution is 2.39. The minimum Gasteiger partial charge on any atom is -0.269 e. The lowest BCUT2D eigenvalue weighted by Crippen LogP contribution is -2.52. The second-order valence-corrected chi connectivity index (χ2v) is 5.69. The van der Waals surface area contributed by atoms with E-state index in [2.05, 4.69) is 0 Å². The number of hydrogen-bond donors (Lipinski definition) is 0. The van der Waals surface area contributed by atoms with E-state index >= 15 is 0 Å². The van der Waals surface area contributed by atoms with Crippen molar-refractivity contribution in [2.75, 3.05) is 0 Å². The Morgan fingerprint density at radius 1 is 0.429 bits per heavy atom. The van der Waals surface area contributed by atoms with Crippen molar-refractivity contribution in [3.05, 3.63) is 0 Å². The number of hydrogen-bond acceptors (Lipinski definition) is 0. The van der Waals surface area contributed by atoms with Crippen LogP contribution in [0.1, 0.15) is 0 Å². The summed E-state index contributed by atoms with van der Waals surface area (Å²) in [5, 5.41) is -2.62. The fraction of sp³-hybridized carbons (Fsp3) is 1.00. The Labute approximate surface area is 119 Å². The lowest BCUT2D eigenvalue weighted by Gasteiger charge is -2.37. The van der Waals surface area contributed by atoms with Crippen LogP contribution >= 0.6 is 83.1 Å². The van der Waals surface area contributed by atoms with E-state index < -0.39 is 32.3 Å². The van der Waals surface area contributed by atoms with Crippen LogP contribution in [0.15, 0.2) is 0 Å². The number of halogens is 7. The zero-order valence-electron chi connectivity index (χ0n) is 6.64. The van der Waals surface area contributed by atoms with Crippen molar-refractivity contribution in [1.29, 1.82) is 0 Å². The molecule has 0 aromatic carbocycles. The Morgan fingerprint density at radius 3 is 0.571 bits per heavy atom. The van der Waals surface area contributed by atoms with E-state index in [-0.39, 0.29) is 18.2 Å². The van der Waals surface area contributed by atoms with Gasteiger partial charge < -0.3 is 0 Å². The molecule has 0 saturated heterocycles. The summed E-state index contributed by atoms with van der Waals surface area (Å²) in [7, 11) is 0. The van der Waals surface area contributed by atoms with Gasteiger partial charge in [0.2, 0.25) is 0 Å². The first-order valence-corrected chi connectivity index (χ1v) is 5.93. The molecule has 0 heterocycles. The van der Waals surface area contributed by atoms with Crippen molar-refractivity contribution >= 4 is 83.1 Å². The third kappa shape index (κ3) is 3.51. The van der Waals surface area contributed by atoms with Crippen LogP contribution in [0.25, 0.3) is 0 Å². The Balaban J connectivity index is 0. The molecule has 14 heavy (non-hydrogen) atoms. The summed E-state index contributed by atoms with van der Waals surface area (Å²) >= 11 is 35.3. The molecule has 0 aromatic heterocycles. The molecule has 1 rings (SSSR count). The van der Waals surface area contributed by atoms with E-state index in [0.717, 1.165) is 0 Å². The number of rotatable bonds is 0. The highest BCUT2D eigenvalue weighted by atomic mass is 35.5. The quantitative estimate of drug-likeness (QED) is 0.584. The first-order valence-electron chi connectivity index (χ1n) is 3.31. The van der Waals surface area contributed by atoms with Crippen molar-refractivity contribution in [3.8, 4) is 0 Å². The van der Waals surface area contributed by atoms with Gasteiger partial charge in [0.05, 0.1) is 32.3 Å². The molecule has 0 bridgehead atoms. The smallest absolute Gasteiger partial charge is 0.0693 e. The van der Waals surface area contributed by atoms with Crippen LogP contribution in [0, 0.1) is 0 Å². The summed E-state index contributed by atoms with van der Waals surface area (Å²) in [5.74, 6) is 0. The van der Waals surface area contributed by atoms with Crippen molar-refractivity contribution in [3.63, 3.8) is 0 Å². The van der Waals surface area contributed by atoms with E-state index in [1.807, 2.05) is 0 Å². The van der Waals surface area contributed by atoms with Gasteiger partial charge in [0.25, 0.3) is 0 Å². The first kappa shape index (κ1) is 18.4. The van der Waals surface area contributed by atoms with Gasteiger partial charge in [-0.2, -0.15) is 13.5 Å². The lowest BCUT2D eigenvalue weighted by molar-refractivity contribution is 0.544. The molecule has 0 unspecified atom stereocenters. The minimum atomic E-state index is -0.437. The monoisotopic (exact) mass is 342 g/mol. The molecule has 0 aliphatic heterocycles. The SMILES string of the molecule is ClC1C(Cl)C(Cl)C(Cl)C(Cl)C1Cl.F.S. The molecule has 1 aliphatic carbocycles. The normalized spacial score (nSPS) is 47.6. The largest absolute Gasteiger partial charge is 0.269 e. The average Bonchev–Trinajstić information content (AvgIpc) is 2.08. The van der Waals surface area contributed by atoms with E-state index in [1.54, 1.807) is 0 Å². The van der Waals surface area contributed by atoms with Crippen LogP contribution in [-0.2, 0) is 0 Å². The van der Waals surface area contributed by atoms with Crippen LogP contribution in [0.3, 0.4) is 0 Å². The summed E-state index contributed by atoms with van der Waals surface area (Å²) in [4.78, 5) is 0. The summed E-state index contributed by atoms with van der Waals surface area (Å²) < 4.78 is 0. The molecule has 0 radical (unpaired) electrons. The summed E-state index contributed by atoms with van der Waals surface area (Å²) in [5.41, 5.74) is 0. The molecular weight excluding hydrogens is 336 g/mol. The molecule has 8 heteroatoms. The topological polar surface area (TPSA) is 0 Å². The molecule has 0 atom stereocenters. The summed E-state index contributed by atoms with van der Waals surface area (Å²) in [6.45, 7) is 0. The molecule has 1 saturated carbocycles. The van der Waals surface area contributed by atoms with Crippen LogP contribution in [0.2, 0.25) is 0 Å². The molecular formula is C6H9Cl6FS. The molecule has 1 fully saturated rings. The molecule has 0 spiro atoms. The van der Waals surface area contributed by atoms with Gasteiger partial charge in [0.15, 0.2) is 0 Å². The van der Waals surface area contributed by atoms with Crippen molar-refractivity contribution < 1.29 is 4.70 Å². The first-order chi connectivity index (χ1) is 5.46. The fourth-order valence-corrected chi connectivity index (χ4v) is 3.38. The maximum atomic E-state index is 5.88. The minimum absolute atomic E-state index is 0. The average molecular weight is 345 g/mol. The molecule has 0 amide bonds. The predicted molar refractivity (Wildman–Crippen MR) is 70.7 cm³/mol. The third-order valence-corrected chi connectivity index (χ3v) is 5.86. The molecule has 0 aromatic rings. The van der Waals surface area contributed by atoms with Crippen LogP contribution in [-0.4, -0.2) is 32.3 Å². The van der Waals surface area contributed by atoms with Gasteiger partial charge in [0, 0.05) is 0 Å². The molecule has 88 valence electrons. The van der Waals surface area contributed by atoms with Crippen molar-refractivity contribution in [2.45, 2.75) is 32.3 Å². The Kier molecular flexibility index (Phi) is 9.67. The second kappa shape index (κ2) is 7.37. The van der Waals surface area contributed by atoms with Crippen LogP contribution in [0.4, 0.5) is 4.70 Å². The van der Waals surface area contributed by atoms with Gasteiger partial charge in [-0.3, -0.25) is 4.70 Å². The zero-order chi connectivity index (χ0) is 9.46. The van der Waals surface area contributed by atoms with Crippen LogP contribution < -0.4 is 0 Å². The van der Waals surface area contributed by atoms with Gasteiger partial charge in [0.1, 0.15) is 0 Å².